The molecule has 0 aromatic carbocycles. The molecule has 0 aromatic rings. The van der Waals surface area contributed by atoms with Crippen LogP contribution < -0.4 is 5.32 Å². The number of hydrogen-bond donors (Lipinski definition) is 1. The summed E-state index contributed by atoms with van der Waals surface area (Å²) in [5.41, 5.74) is 0. The summed E-state index contributed by atoms with van der Waals surface area (Å²) in [6.45, 7) is 4.59. The molecule has 2 heteroatoms. The molecule has 1 N–H and O–H groups in total. The molecule has 0 atom stereocenters. The molecule has 0 saturated heterocycles. The Morgan fingerprint density at radius 1 is 1.22 bits per heavy atom. The molecule has 0 rings (SSSR count). The molecule has 0 heterocycles. The van der Waals surface area contributed by atoms with Crippen LogP contribution in [0.4, 0.5) is 0 Å². The van der Waals surface area contributed by atoms with Gasteiger partial charge in [-0.15, -0.1) is 0 Å². The largest absolute Gasteiger partial charge is 0.317 e. The number of rotatable bonds is 6. The van der Waals surface area contributed by atoms with E-state index in [0.717, 1.165) is 0 Å². The molecule has 0 saturated carbocycles. The van der Waals surface area contributed by atoms with E-state index in [4.69, 9.17) is 0 Å². The van der Waals surface area contributed by atoms with E-state index in [1.807, 2.05) is 0 Å². The van der Waals surface area contributed by atoms with Gasteiger partial charge >= 0.3 is 0 Å². The molecule has 0 aliphatic carbocycles. The Morgan fingerprint density at radius 3 is 2.56 bits per heavy atom. The Bertz CT molecular complexity index is 42.2. The van der Waals surface area contributed by atoms with E-state index in [-0.39, 0.29) is 0 Å². The smallest absolute Gasteiger partial charge is 0.000426 e. The predicted octanol–water partition coefficient (Wildman–Crippen LogP) is 2.20. The lowest BCUT2D eigenvalue weighted by Gasteiger charge is -1.99. The highest BCUT2D eigenvalue weighted by atomic mass is 127. The third kappa shape index (κ3) is 8.69. The average molecular weight is 241 g/mol. The third-order valence-corrected chi connectivity index (χ3v) is 1.93. The van der Waals surface area contributed by atoms with Gasteiger partial charge in [0, 0.05) is 0 Å². The minimum atomic E-state index is 1.18. The van der Waals surface area contributed by atoms with Gasteiger partial charge in [0.25, 0.3) is 0 Å². The summed E-state index contributed by atoms with van der Waals surface area (Å²) in [5.74, 6) is 0. The molecular weight excluding hydrogens is 225 g/mol. The molecule has 0 spiro atoms. The van der Waals surface area contributed by atoms with Crippen LogP contribution in [0.2, 0.25) is 0 Å². The Labute approximate surface area is 71.7 Å². The molecule has 9 heavy (non-hydrogen) atoms. The van der Waals surface area contributed by atoms with Gasteiger partial charge in [0.05, 0.1) is 0 Å². The lowest BCUT2D eigenvalue weighted by molar-refractivity contribution is 0.637. The van der Waals surface area contributed by atoms with E-state index in [9.17, 15) is 0 Å². The zero-order valence-corrected chi connectivity index (χ0v) is 8.28. The standard InChI is InChI=1S/C7H16IN/c1-2-6-9-7-4-3-5-8/h9H,2-7H2,1H3. The van der Waals surface area contributed by atoms with Gasteiger partial charge in [-0.3, -0.25) is 0 Å². The second kappa shape index (κ2) is 8.69. The lowest BCUT2D eigenvalue weighted by atomic mass is 10.3. The van der Waals surface area contributed by atoms with E-state index < -0.39 is 0 Å². The van der Waals surface area contributed by atoms with Gasteiger partial charge in [-0.1, -0.05) is 29.5 Å². The number of halogens is 1. The number of alkyl halides is 1. The summed E-state index contributed by atoms with van der Waals surface area (Å²) in [6.07, 6.45) is 3.95. The highest BCUT2D eigenvalue weighted by Crippen LogP contribution is 1.91. The number of unbranched alkanes of at least 4 members (excludes halogenated alkanes) is 1. The van der Waals surface area contributed by atoms with Crippen LogP contribution in [0.5, 0.6) is 0 Å². The summed E-state index contributed by atoms with van der Waals surface area (Å²) in [6, 6.07) is 0. The highest BCUT2D eigenvalue weighted by molar-refractivity contribution is 14.1. The van der Waals surface area contributed by atoms with Crippen LogP contribution in [0, 0.1) is 0 Å². The van der Waals surface area contributed by atoms with Crippen molar-refractivity contribution in [3.05, 3.63) is 0 Å². The molecule has 0 unspecified atom stereocenters. The Hall–Kier alpha value is 0.690. The Balaban J connectivity index is 2.60. The first-order chi connectivity index (χ1) is 4.41. The number of nitrogens with one attached hydrogen (secondary N) is 1. The SMILES string of the molecule is CCCNCCCCI. The number of hydrogen-bond acceptors (Lipinski definition) is 1. The van der Waals surface area contributed by atoms with Crippen molar-refractivity contribution in [3.8, 4) is 0 Å². The average Bonchev–Trinajstić information content (AvgIpc) is 1.89. The van der Waals surface area contributed by atoms with Gasteiger partial charge in [-0.05, 0) is 36.8 Å². The third-order valence-electron chi connectivity index (χ3n) is 1.16. The molecule has 0 aromatic heterocycles. The fourth-order valence-electron chi connectivity index (χ4n) is 0.646. The maximum Gasteiger partial charge on any atom is -0.000426 e. The molecule has 56 valence electrons. The first kappa shape index (κ1) is 9.69. The zero-order valence-electron chi connectivity index (χ0n) is 6.12. The van der Waals surface area contributed by atoms with Crippen molar-refractivity contribution in [2.75, 3.05) is 17.5 Å². The molecule has 0 radical (unpaired) electrons. The molecule has 0 amide bonds. The van der Waals surface area contributed by atoms with Crippen molar-refractivity contribution in [3.63, 3.8) is 0 Å². The Morgan fingerprint density at radius 2 is 2.00 bits per heavy atom. The van der Waals surface area contributed by atoms with Crippen molar-refractivity contribution in [1.29, 1.82) is 0 Å². The summed E-state index contributed by atoms with van der Waals surface area (Å²) >= 11 is 2.42. The van der Waals surface area contributed by atoms with Crippen LogP contribution >= 0.6 is 22.6 Å². The first-order valence-electron chi connectivity index (χ1n) is 3.68. The van der Waals surface area contributed by atoms with Crippen LogP contribution in [-0.4, -0.2) is 17.5 Å². The van der Waals surface area contributed by atoms with Gasteiger partial charge in [-0.25, -0.2) is 0 Å². The van der Waals surface area contributed by atoms with Crippen molar-refractivity contribution in [1.82, 2.24) is 5.32 Å². The summed E-state index contributed by atoms with van der Waals surface area (Å²) in [5, 5.41) is 3.37. The van der Waals surface area contributed by atoms with Crippen LogP contribution in [0.3, 0.4) is 0 Å². The maximum atomic E-state index is 3.37. The first-order valence-corrected chi connectivity index (χ1v) is 5.21. The molecule has 1 nitrogen and oxygen atoms in total. The summed E-state index contributed by atoms with van der Waals surface area (Å²) in [4.78, 5) is 0. The predicted molar refractivity (Wildman–Crippen MR) is 51.3 cm³/mol. The van der Waals surface area contributed by atoms with Gasteiger partial charge in [0.2, 0.25) is 0 Å². The van der Waals surface area contributed by atoms with Crippen molar-refractivity contribution < 1.29 is 0 Å². The molecule has 0 fully saturated rings. The second-order valence-corrected chi connectivity index (χ2v) is 3.22. The van der Waals surface area contributed by atoms with E-state index >= 15 is 0 Å². The second-order valence-electron chi connectivity index (χ2n) is 2.15. The molecule has 0 aliphatic rings. The molecule has 0 bridgehead atoms. The van der Waals surface area contributed by atoms with Gasteiger partial charge in [0.15, 0.2) is 0 Å². The van der Waals surface area contributed by atoms with Crippen LogP contribution in [0.1, 0.15) is 26.2 Å². The summed E-state index contributed by atoms with van der Waals surface area (Å²) in [7, 11) is 0. The van der Waals surface area contributed by atoms with Crippen LogP contribution in [-0.2, 0) is 0 Å². The monoisotopic (exact) mass is 241 g/mol. The minimum absolute atomic E-state index is 1.18. The van der Waals surface area contributed by atoms with E-state index in [0.29, 0.717) is 0 Å². The molecular formula is C7H16IN. The highest BCUT2D eigenvalue weighted by Gasteiger charge is 1.84. The minimum Gasteiger partial charge on any atom is -0.317 e. The van der Waals surface area contributed by atoms with Crippen molar-refractivity contribution in [2.45, 2.75) is 26.2 Å². The van der Waals surface area contributed by atoms with Crippen molar-refractivity contribution >= 4 is 22.6 Å². The Kier molecular flexibility index (Phi) is 9.36. The van der Waals surface area contributed by atoms with E-state index in [2.05, 4.69) is 34.8 Å². The van der Waals surface area contributed by atoms with Gasteiger partial charge in [-0.2, -0.15) is 0 Å². The van der Waals surface area contributed by atoms with E-state index in [1.165, 1.54) is 36.8 Å². The summed E-state index contributed by atoms with van der Waals surface area (Å²) < 4.78 is 1.30. The maximum absolute atomic E-state index is 3.37. The normalized spacial score (nSPS) is 10.0. The fraction of sp³-hybridized carbons (Fsp3) is 1.00. The van der Waals surface area contributed by atoms with Crippen molar-refractivity contribution in [2.24, 2.45) is 0 Å². The van der Waals surface area contributed by atoms with E-state index in [1.54, 1.807) is 0 Å². The van der Waals surface area contributed by atoms with Gasteiger partial charge in [0.1, 0.15) is 0 Å². The molecule has 0 aliphatic heterocycles. The van der Waals surface area contributed by atoms with Crippen LogP contribution in [0.15, 0.2) is 0 Å². The lowest BCUT2D eigenvalue weighted by Crippen LogP contribution is -2.15. The topological polar surface area (TPSA) is 12.0 Å². The van der Waals surface area contributed by atoms with Crippen LogP contribution in [0.25, 0.3) is 0 Å². The fourth-order valence-corrected chi connectivity index (χ4v) is 1.19. The quantitative estimate of drug-likeness (QED) is 0.427. The van der Waals surface area contributed by atoms with Gasteiger partial charge < -0.3 is 5.32 Å². The zero-order chi connectivity index (χ0) is 6.95.